The van der Waals surface area contributed by atoms with Crippen LogP contribution in [0.5, 0.6) is 0 Å². The Morgan fingerprint density at radius 2 is 1.93 bits per heavy atom. The Morgan fingerprint density at radius 3 is 2.50 bits per heavy atom. The molecule has 0 aliphatic rings. The largest absolute Gasteiger partial charge is 0.433 e. The van der Waals surface area contributed by atoms with Crippen molar-refractivity contribution < 1.29 is 18.0 Å². The van der Waals surface area contributed by atoms with Crippen molar-refractivity contribution in [3.05, 3.63) is 52.3 Å². The van der Waals surface area contributed by atoms with Gasteiger partial charge in [0.1, 0.15) is 5.56 Å². The molecule has 1 aromatic carbocycles. The number of aromatic nitrogens is 3. The van der Waals surface area contributed by atoms with Crippen LogP contribution in [0.15, 0.2) is 30.3 Å². The molecule has 1 atom stereocenters. The molecule has 0 bridgehead atoms. The van der Waals surface area contributed by atoms with E-state index in [1.165, 1.54) is 6.92 Å². The summed E-state index contributed by atoms with van der Waals surface area (Å²) in [5.74, 6) is -0.504. The minimum atomic E-state index is -4.68. The summed E-state index contributed by atoms with van der Waals surface area (Å²) in [6.45, 7) is 5.20. The fraction of sp³-hybridized carbons (Fsp3) is 0.316. The smallest absolute Gasteiger partial charge is 0.349 e. The monoisotopic (exact) mass is 410 g/mol. The topological polar surface area (TPSA) is 59.3 Å². The lowest BCUT2D eigenvalue weighted by Gasteiger charge is -2.13. The summed E-state index contributed by atoms with van der Waals surface area (Å²) in [4.78, 5) is 17.0. The Balaban J connectivity index is 2.26. The zero-order valence-corrected chi connectivity index (χ0v) is 16.2. The number of rotatable bonds is 4. The molecule has 0 fully saturated rings. The van der Waals surface area contributed by atoms with E-state index in [0.717, 1.165) is 6.07 Å². The molecule has 0 radical (unpaired) electrons. The highest BCUT2D eigenvalue weighted by molar-refractivity contribution is 6.30. The van der Waals surface area contributed by atoms with Crippen LogP contribution in [0, 0.1) is 6.92 Å². The van der Waals surface area contributed by atoms with Crippen LogP contribution >= 0.6 is 11.6 Å². The minimum Gasteiger partial charge on any atom is -0.349 e. The Hall–Kier alpha value is -2.61. The van der Waals surface area contributed by atoms with E-state index in [1.54, 1.807) is 24.3 Å². The molecule has 0 saturated carbocycles. The number of amides is 1. The van der Waals surface area contributed by atoms with E-state index in [2.05, 4.69) is 15.4 Å². The van der Waals surface area contributed by atoms with Gasteiger partial charge in [0.15, 0.2) is 11.3 Å². The molecule has 9 heteroatoms. The molecule has 148 valence electrons. The van der Waals surface area contributed by atoms with Gasteiger partial charge in [-0.05, 0) is 38.5 Å². The number of hydrogen-bond donors (Lipinski definition) is 1. The molecule has 3 aromatic rings. The molecule has 28 heavy (non-hydrogen) atoms. The zero-order valence-electron chi connectivity index (χ0n) is 15.4. The van der Waals surface area contributed by atoms with E-state index in [1.807, 2.05) is 13.8 Å². The SMILES string of the molecule is CCC(C)NC(=O)c1c(C)nn2c(C(F)(F)F)cc(-c3ccc(Cl)cc3)nc12. The molecule has 2 heterocycles. The Kier molecular flexibility index (Phi) is 5.34. The van der Waals surface area contributed by atoms with Crippen LogP contribution in [-0.4, -0.2) is 26.5 Å². The molecular weight excluding hydrogens is 393 g/mol. The number of fused-ring (bicyclic) bond motifs is 1. The summed E-state index contributed by atoms with van der Waals surface area (Å²) in [6, 6.07) is 7.05. The van der Waals surface area contributed by atoms with E-state index in [0.29, 0.717) is 21.5 Å². The normalized spacial score (nSPS) is 13.0. The first-order valence-corrected chi connectivity index (χ1v) is 9.04. The number of carbonyl (C=O) groups is 1. The van der Waals surface area contributed by atoms with Gasteiger partial charge in [0, 0.05) is 16.6 Å². The summed E-state index contributed by atoms with van der Waals surface area (Å²) in [7, 11) is 0. The maximum Gasteiger partial charge on any atom is 0.433 e. The fourth-order valence-electron chi connectivity index (χ4n) is 2.76. The van der Waals surface area contributed by atoms with Gasteiger partial charge in [-0.1, -0.05) is 30.7 Å². The van der Waals surface area contributed by atoms with E-state index in [4.69, 9.17) is 11.6 Å². The molecule has 5 nitrogen and oxygen atoms in total. The second kappa shape index (κ2) is 7.43. The highest BCUT2D eigenvalue weighted by Gasteiger charge is 2.36. The number of nitrogens with one attached hydrogen (secondary N) is 1. The fourth-order valence-corrected chi connectivity index (χ4v) is 2.88. The molecule has 0 aliphatic heterocycles. The van der Waals surface area contributed by atoms with Gasteiger partial charge in [-0.25, -0.2) is 9.50 Å². The summed E-state index contributed by atoms with van der Waals surface area (Å²) < 4.78 is 41.7. The number of carbonyl (C=O) groups excluding carboxylic acids is 1. The second-order valence-electron chi connectivity index (χ2n) is 6.51. The van der Waals surface area contributed by atoms with Gasteiger partial charge >= 0.3 is 6.18 Å². The lowest BCUT2D eigenvalue weighted by molar-refractivity contribution is -0.142. The quantitative estimate of drug-likeness (QED) is 0.665. The van der Waals surface area contributed by atoms with Gasteiger partial charge in [-0.3, -0.25) is 4.79 Å². The molecule has 0 saturated heterocycles. The van der Waals surface area contributed by atoms with Gasteiger partial charge < -0.3 is 5.32 Å². The zero-order chi connectivity index (χ0) is 20.6. The van der Waals surface area contributed by atoms with Gasteiger partial charge in [0.05, 0.1) is 11.4 Å². The third kappa shape index (κ3) is 3.82. The maximum atomic E-state index is 13.7. The number of hydrogen-bond acceptors (Lipinski definition) is 3. The minimum absolute atomic E-state index is 0.0293. The van der Waals surface area contributed by atoms with Crippen molar-refractivity contribution >= 4 is 23.2 Å². The molecule has 1 unspecified atom stereocenters. The number of nitrogens with zero attached hydrogens (tertiary/aromatic N) is 3. The summed E-state index contributed by atoms with van der Waals surface area (Å²) >= 11 is 5.86. The van der Waals surface area contributed by atoms with Crippen molar-refractivity contribution in [1.29, 1.82) is 0 Å². The van der Waals surface area contributed by atoms with Crippen LogP contribution in [-0.2, 0) is 6.18 Å². The first kappa shape index (κ1) is 20.1. The molecular formula is C19H18ClF3N4O. The molecule has 2 aromatic heterocycles. The highest BCUT2D eigenvalue weighted by Crippen LogP contribution is 2.33. The van der Waals surface area contributed by atoms with E-state index in [9.17, 15) is 18.0 Å². The van der Waals surface area contributed by atoms with Crippen LogP contribution in [0.4, 0.5) is 13.2 Å². The lowest BCUT2D eigenvalue weighted by atomic mass is 10.1. The number of aryl methyl sites for hydroxylation is 1. The summed E-state index contributed by atoms with van der Waals surface area (Å²) in [6.07, 6.45) is -3.99. The Morgan fingerprint density at radius 1 is 1.29 bits per heavy atom. The van der Waals surface area contributed by atoms with Crippen LogP contribution in [0.2, 0.25) is 5.02 Å². The Bertz CT molecular complexity index is 1030. The van der Waals surface area contributed by atoms with Crippen LogP contribution in [0.1, 0.15) is 42.0 Å². The predicted molar refractivity (Wildman–Crippen MR) is 100 cm³/mol. The number of benzene rings is 1. The van der Waals surface area contributed by atoms with Crippen LogP contribution in [0.25, 0.3) is 16.9 Å². The van der Waals surface area contributed by atoms with Gasteiger partial charge in [0.2, 0.25) is 0 Å². The first-order chi connectivity index (χ1) is 13.1. The Labute approximate surface area is 164 Å². The van der Waals surface area contributed by atoms with Gasteiger partial charge in [0.25, 0.3) is 5.91 Å². The number of alkyl halides is 3. The summed E-state index contributed by atoms with van der Waals surface area (Å²) in [5.41, 5.74) is -0.418. The standard InChI is InChI=1S/C19H18ClF3N4O/c1-4-10(2)24-18(28)16-11(3)26-27-15(19(21,22)23)9-14(25-17(16)27)12-5-7-13(20)8-6-12/h5-10H,4H2,1-3H3,(H,24,28). The van der Waals surface area contributed by atoms with E-state index < -0.39 is 17.8 Å². The highest BCUT2D eigenvalue weighted by atomic mass is 35.5. The van der Waals surface area contributed by atoms with E-state index in [-0.39, 0.29) is 28.6 Å². The molecule has 1 amide bonds. The third-order valence-corrected chi connectivity index (χ3v) is 4.66. The summed E-state index contributed by atoms with van der Waals surface area (Å²) in [5, 5.41) is 7.15. The van der Waals surface area contributed by atoms with Crippen LogP contribution in [0.3, 0.4) is 0 Å². The average Bonchev–Trinajstić information content (AvgIpc) is 2.96. The van der Waals surface area contributed by atoms with Crippen molar-refractivity contribution in [2.75, 3.05) is 0 Å². The van der Waals surface area contributed by atoms with Crippen molar-refractivity contribution in [3.8, 4) is 11.3 Å². The predicted octanol–water partition coefficient (Wildman–Crippen LogP) is 4.91. The van der Waals surface area contributed by atoms with Crippen molar-refractivity contribution in [2.45, 2.75) is 39.4 Å². The molecule has 3 rings (SSSR count). The maximum absolute atomic E-state index is 13.7. The molecule has 1 N–H and O–H groups in total. The molecule has 0 aliphatic carbocycles. The third-order valence-electron chi connectivity index (χ3n) is 4.41. The average molecular weight is 411 g/mol. The number of halogens is 4. The second-order valence-corrected chi connectivity index (χ2v) is 6.95. The van der Waals surface area contributed by atoms with Crippen molar-refractivity contribution in [1.82, 2.24) is 19.9 Å². The lowest BCUT2D eigenvalue weighted by Crippen LogP contribution is -2.32. The van der Waals surface area contributed by atoms with Crippen LogP contribution < -0.4 is 5.32 Å². The molecule has 0 spiro atoms. The van der Waals surface area contributed by atoms with Gasteiger partial charge in [-0.15, -0.1) is 0 Å². The van der Waals surface area contributed by atoms with Crippen molar-refractivity contribution in [2.24, 2.45) is 0 Å². The van der Waals surface area contributed by atoms with E-state index >= 15 is 0 Å². The van der Waals surface area contributed by atoms with Gasteiger partial charge in [-0.2, -0.15) is 18.3 Å². The van der Waals surface area contributed by atoms with Crippen molar-refractivity contribution in [3.63, 3.8) is 0 Å². The first-order valence-electron chi connectivity index (χ1n) is 8.66.